The molecule has 0 spiro atoms. The average Bonchev–Trinajstić information content (AvgIpc) is 2.29. The summed E-state index contributed by atoms with van der Waals surface area (Å²) in [5.74, 6) is -1.19. The summed E-state index contributed by atoms with van der Waals surface area (Å²) in [5.41, 5.74) is -0.413. The molecule has 17 heavy (non-hydrogen) atoms. The molecule has 0 heterocycles. The van der Waals surface area contributed by atoms with Crippen LogP contribution >= 0.6 is 0 Å². The predicted octanol–water partition coefficient (Wildman–Crippen LogP) is 3.67. The Balaban J connectivity index is 2.42. The Bertz CT molecular complexity index is 424. The normalized spacial score (nSPS) is 11.0. The van der Waals surface area contributed by atoms with Crippen molar-refractivity contribution in [1.82, 2.24) is 0 Å². The number of rotatable bonds is 5. The molecule has 1 aromatic carbocycles. The second-order valence-corrected chi connectivity index (χ2v) is 4.52. The molecule has 2 nitrogen and oxygen atoms in total. The molecule has 0 unspecified atom stereocenters. The molecule has 0 amide bonds. The van der Waals surface area contributed by atoms with Crippen LogP contribution in [0, 0.1) is 28.4 Å². The lowest BCUT2D eigenvalue weighted by molar-refractivity contribution is 0.271. The quantitative estimate of drug-likeness (QED) is 0.734. The number of ether oxygens (including phenoxy) is 1. The van der Waals surface area contributed by atoms with Gasteiger partial charge in [0.05, 0.1) is 18.1 Å². The Morgan fingerprint density at radius 1 is 1.35 bits per heavy atom. The third-order valence-corrected chi connectivity index (χ3v) is 2.40. The molecule has 0 bridgehead atoms. The van der Waals surface area contributed by atoms with E-state index in [4.69, 9.17) is 10.00 Å². The van der Waals surface area contributed by atoms with Crippen molar-refractivity contribution in [2.24, 2.45) is 5.41 Å². The van der Waals surface area contributed by atoms with Gasteiger partial charge >= 0.3 is 0 Å². The smallest absolute Gasteiger partial charge is 0.165 e. The molecule has 0 saturated carbocycles. The fraction of sp³-hybridized carbons (Fsp3) is 0.462. The summed E-state index contributed by atoms with van der Waals surface area (Å²) >= 11 is 0. The number of hydrogen-bond acceptors (Lipinski definition) is 2. The Morgan fingerprint density at radius 2 is 2.06 bits per heavy atom. The van der Waals surface area contributed by atoms with Crippen LogP contribution in [-0.2, 0) is 0 Å². The fourth-order valence-corrected chi connectivity index (χ4v) is 1.34. The molecule has 0 aliphatic carbocycles. The van der Waals surface area contributed by atoms with Crippen LogP contribution in [0.4, 0.5) is 8.78 Å². The van der Waals surface area contributed by atoms with Gasteiger partial charge in [-0.15, -0.1) is 0 Å². The molecule has 0 fully saturated rings. The highest BCUT2D eigenvalue weighted by Crippen LogP contribution is 2.22. The molecule has 1 aromatic rings. The lowest BCUT2D eigenvalue weighted by atomic mass is 9.90. The van der Waals surface area contributed by atoms with Crippen LogP contribution in [0.1, 0.15) is 26.7 Å². The van der Waals surface area contributed by atoms with Crippen molar-refractivity contribution in [3.05, 3.63) is 29.8 Å². The van der Waals surface area contributed by atoms with Crippen molar-refractivity contribution >= 4 is 0 Å². The molecule has 0 radical (unpaired) electrons. The van der Waals surface area contributed by atoms with E-state index in [9.17, 15) is 8.78 Å². The van der Waals surface area contributed by atoms with Gasteiger partial charge in [0.15, 0.2) is 11.6 Å². The van der Waals surface area contributed by atoms with Crippen molar-refractivity contribution in [3.63, 3.8) is 0 Å². The van der Waals surface area contributed by atoms with Crippen molar-refractivity contribution in [3.8, 4) is 11.8 Å². The minimum Gasteiger partial charge on any atom is -0.490 e. The van der Waals surface area contributed by atoms with E-state index in [0.717, 1.165) is 18.2 Å². The fourth-order valence-electron chi connectivity index (χ4n) is 1.34. The van der Waals surface area contributed by atoms with E-state index < -0.39 is 17.0 Å². The molecule has 0 N–H and O–H groups in total. The predicted molar refractivity (Wildman–Crippen MR) is 60.5 cm³/mol. The standard InChI is InChI=1S/C13H15F2NO/c1-13(2,9-16)6-3-7-17-12-8-10(14)4-5-11(12)15/h4-5,8H,3,6-7H2,1-2H3. The highest BCUT2D eigenvalue weighted by atomic mass is 19.1. The number of hydrogen-bond donors (Lipinski definition) is 0. The van der Waals surface area contributed by atoms with Gasteiger partial charge in [0.25, 0.3) is 0 Å². The molecule has 0 aromatic heterocycles. The minimum atomic E-state index is -0.578. The van der Waals surface area contributed by atoms with E-state index in [1.807, 2.05) is 13.8 Å². The van der Waals surface area contributed by atoms with Crippen molar-refractivity contribution in [2.45, 2.75) is 26.7 Å². The van der Waals surface area contributed by atoms with Crippen LogP contribution in [-0.4, -0.2) is 6.61 Å². The maximum Gasteiger partial charge on any atom is 0.165 e. The van der Waals surface area contributed by atoms with E-state index in [2.05, 4.69) is 6.07 Å². The average molecular weight is 239 g/mol. The first-order valence-electron chi connectivity index (χ1n) is 5.44. The Kier molecular flexibility index (Phi) is 4.45. The van der Waals surface area contributed by atoms with Crippen LogP contribution in [0.3, 0.4) is 0 Å². The zero-order valence-electron chi connectivity index (χ0n) is 9.96. The SMILES string of the molecule is CC(C)(C#N)CCCOc1cc(F)ccc1F. The zero-order chi connectivity index (χ0) is 12.9. The molecule has 0 atom stereocenters. The van der Waals surface area contributed by atoms with Gasteiger partial charge in [-0.1, -0.05) is 0 Å². The molecule has 1 rings (SSSR count). The van der Waals surface area contributed by atoms with Gasteiger partial charge in [-0.3, -0.25) is 0 Å². The summed E-state index contributed by atoms with van der Waals surface area (Å²) in [4.78, 5) is 0. The van der Waals surface area contributed by atoms with Crippen molar-refractivity contribution < 1.29 is 13.5 Å². The molecular weight excluding hydrogens is 224 g/mol. The molecule has 0 aliphatic rings. The van der Waals surface area contributed by atoms with Gasteiger partial charge in [-0.2, -0.15) is 5.26 Å². The molecular formula is C13H15F2NO. The maximum absolute atomic E-state index is 13.2. The lowest BCUT2D eigenvalue weighted by Gasteiger charge is -2.14. The van der Waals surface area contributed by atoms with E-state index in [1.54, 1.807) is 0 Å². The number of nitriles is 1. The van der Waals surface area contributed by atoms with Gasteiger partial charge in [0.1, 0.15) is 5.82 Å². The molecule has 4 heteroatoms. The second kappa shape index (κ2) is 5.62. The van der Waals surface area contributed by atoms with Crippen molar-refractivity contribution in [1.29, 1.82) is 5.26 Å². The van der Waals surface area contributed by atoms with Crippen LogP contribution in [0.5, 0.6) is 5.75 Å². The summed E-state index contributed by atoms with van der Waals surface area (Å²) < 4.78 is 31.1. The molecule has 0 saturated heterocycles. The third-order valence-electron chi connectivity index (χ3n) is 2.40. The highest BCUT2D eigenvalue weighted by molar-refractivity contribution is 5.24. The Morgan fingerprint density at radius 3 is 2.71 bits per heavy atom. The molecule has 0 aliphatic heterocycles. The summed E-state index contributed by atoms with van der Waals surface area (Å²) in [5, 5.41) is 8.79. The van der Waals surface area contributed by atoms with Crippen LogP contribution in [0.25, 0.3) is 0 Å². The van der Waals surface area contributed by atoms with E-state index in [-0.39, 0.29) is 12.4 Å². The second-order valence-electron chi connectivity index (χ2n) is 4.52. The first-order valence-corrected chi connectivity index (χ1v) is 5.44. The van der Waals surface area contributed by atoms with Gasteiger partial charge < -0.3 is 4.74 Å². The summed E-state index contributed by atoms with van der Waals surface area (Å²) in [7, 11) is 0. The van der Waals surface area contributed by atoms with Gasteiger partial charge in [0, 0.05) is 6.07 Å². The first kappa shape index (κ1) is 13.4. The summed E-state index contributed by atoms with van der Waals surface area (Å²) in [6.45, 7) is 3.93. The van der Waals surface area contributed by atoms with Gasteiger partial charge in [-0.25, -0.2) is 8.78 Å². The van der Waals surface area contributed by atoms with E-state index >= 15 is 0 Å². The maximum atomic E-state index is 13.2. The summed E-state index contributed by atoms with van der Waals surface area (Å²) in [6, 6.07) is 5.26. The monoisotopic (exact) mass is 239 g/mol. The molecule has 92 valence electrons. The number of benzene rings is 1. The third kappa shape index (κ3) is 4.39. The minimum absolute atomic E-state index is 0.0836. The first-order chi connectivity index (χ1) is 7.94. The zero-order valence-corrected chi connectivity index (χ0v) is 9.96. The number of nitrogens with zero attached hydrogens (tertiary/aromatic N) is 1. The van der Waals surface area contributed by atoms with Crippen LogP contribution in [0.15, 0.2) is 18.2 Å². The Labute approximate surface area is 99.8 Å². The van der Waals surface area contributed by atoms with Crippen molar-refractivity contribution in [2.75, 3.05) is 6.61 Å². The lowest BCUT2D eigenvalue weighted by Crippen LogP contribution is -2.10. The van der Waals surface area contributed by atoms with Gasteiger partial charge in [-0.05, 0) is 38.8 Å². The van der Waals surface area contributed by atoms with Gasteiger partial charge in [0.2, 0.25) is 0 Å². The van der Waals surface area contributed by atoms with E-state index in [0.29, 0.717) is 12.8 Å². The van der Waals surface area contributed by atoms with Crippen LogP contribution < -0.4 is 4.74 Å². The summed E-state index contributed by atoms with van der Waals surface area (Å²) in [6.07, 6.45) is 1.27. The number of halogens is 2. The van der Waals surface area contributed by atoms with E-state index in [1.165, 1.54) is 0 Å². The van der Waals surface area contributed by atoms with Crippen LogP contribution in [0.2, 0.25) is 0 Å². The highest BCUT2D eigenvalue weighted by Gasteiger charge is 2.15. The topological polar surface area (TPSA) is 33.0 Å². The Hall–Kier alpha value is -1.63. The largest absolute Gasteiger partial charge is 0.490 e.